The summed E-state index contributed by atoms with van der Waals surface area (Å²) in [6, 6.07) is 0.0488. The second-order valence-electron chi connectivity index (χ2n) is 4.03. The van der Waals surface area contributed by atoms with E-state index in [-0.39, 0.29) is 18.3 Å². The van der Waals surface area contributed by atoms with Crippen LogP contribution in [0.15, 0.2) is 4.99 Å². The number of hydrogen-bond donors (Lipinski definition) is 1. The van der Waals surface area contributed by atoms with Crippen LogP contribution >= 0.6 is 0 Å². The van der Waals surface area contributed by atoms with Crippen molar-refractivity contribution in [1.82, 2.24) is 9.55 Å². The number of rotatable bonds is 4. The summed E-state index contributed by atoms with van der Waals surface area (Å²) in [6.45, 7) is 2.35. The van der Waals surface area contributed by atoms with Gasteiger partial charge in [-0.05, 0) is 6.42 Å². The number of unbranched alkanes of at least 4 members (excludes halogenated alkanes) is 1. The second-order valence-corrected chi connectivity index (χ2v) is 4.03. The van der Waals surface area contributed by atoms with Crippen molar-refractivity contribution in [3.8, 4) is 0 Å². The van der Waals surface area contributed by atoms with Gasteiger partial charge in [-0.1, -0.05) is 19.8 Å². The zero-order valence-electron chi connectivity index (χ0n) is 9.36. The number of halogens is 1. The fourth-order valence-electron chi connectivity index (χ4n) is 2.01. The molecule has 1 aliphatic heterocycles. The van der Waals surface area contributed by atoms with Crippen molar-refractivity contribution in [1.29, 1.82) is 0 Å². The van der Waals surface area contributed by atoms with Gasteiger partial charge in [-0.2, -0.15) is 4.39 Å². The predicted molar refractivity (Wildman–Crippen MR) is 59.1 cm³/mol. The average molecular weight is 225 g/mol. The minimum Gasteiger partial charge on any atom is -0.390 e. The van der Waals surface area contributed by atoms with E-state index in [0.717, 1.165) is 19.3 Å². The Hall–Kier alpha value is -1.23. The number of hydrogen-bond acceptors (Lipinski definition) is 3. The summed E-state index contributed by atoms with van der Waals surface area (Å²) in [6.07, 6.45) is 4.61. The maximum atomic E-state index is 13.9. The van der Waals surface area contributed by atoms with Crippen molar-refractivity contribution < 1.29 is 9.50 Å². The lowest BCUT2D eigenvalue weighted by molar-refractivity contribution is 0.267. The first-order valence-corrected chi connectivity index (χ1v) is 5.65. The van der Waals surface area contributed by atoms with Crippen molar-refractivity contribution in [2.45, 2.75) is 38.8 Å². The standard InChI is InChI=1S/C11H16FN3O/c1-2-3-4-8-5-13-6-10-14-9(7-16)11(12)15(8)10/h6,8,16H,2-5,7H2,1H3. The van der Waals surface area contributed by atoms with E-state index in [0.29, 0.717) is 12.4 Å². The lowest BCUT2D eigenvalue weighted by Crippen LogP contribution is -2.21. The molecule has 88 valence electrons. The van der Waals surface area contributed by atoms with E-state index in [1.165, 1.54) is 0 Å². The van der Waals surface area contributed by atoms with Crippen molar-refractivity contribution in [2.75, 3.05) is 6.54 Å². The maximum absolute atomic E-state index is 13.9. The third-order valence-electron chi connectivity index (χ3n) is 2.87. The molecule has 1 aromatic rings. The van der Waals surface area contributed by atoms with Gasteiger partial charge in [0.25, 0.3) is 0 Å². The number of aliphatic hydroxyl groups excluding tert-OH is 1. The van der Waals surface area contributed by atoms with Gasteiger partial charge >= 0.3 is 0 Å². The minimum absolute atomic E-state index is 0.0488. The average Bonchev–Trinajstić information content (AvgIpc) is 2.64. The highest BCUT2D eigenvalue weighted by Crippen LogP contribution is 2.24. The molecule has 0 fully saturated rings. The van der Waals surface area contributed by atoms with Gasteiger partial charge in [0.2, 0.25) is 5.95 Å². The molecule has 0 spiro atoms. The highest BCUT2D eigenvalue weighted by Gasteiger charge is 2.24. The Morgan fingerprint density at radius 1 is 1.62 bits per heavy atom. The van der Waals surface area contributed by atoms with Gasteiger partial charge in [0.15, 0.2) is 5.82 Å². The Morgan fingerprint density at radius 2 is 2.44 bits per heavy atom. The lowest BCUT2D eigenvalue weighted by Gasteiger charge is -2.21. The monoisotopic (exact) mass is 225 g/mol. The first-order valence-electron chi connectivity index (χ1n) is 5.65. The zero-order chi connectivity index (χ0) is 11.5. The predicted octanol–water partition coefficient (Wildman–Crippen LogP) is 1.68. The summed E-state index contributed by atoms with van der Waals surface area (Å²) in [5, 5.41) is 8.97. The van der Waals surface area contributed by atoms with E-state index < -0.39 is 5.95 Å². The van der Waals surface area contributed by atoms with Crippen LogP contribution in [0.4, 0.5) is 4.39 Å². The van der Waals surface area contributed by atoms with Crippen molar-refractivity contribution in [3.05, 3.63) is 17.5 Å². The van der Waals surface area contributed by atoms with Gasteiger partial charge in [0.05, 0.1) is 25.4 Å². The highest BCUT2D eigenvalue weighted by molar-refractivity contribution is 5.76. The smallest absolute Gasteiger partial charge is 0.219 e. The van der Waals surface area contributed by atoms with Crippen LogP contribution in [-0.4, -0.2) is 27.4 Å². The molecule has 0 amide bonds. The van der Waals surface area contributed by atoms with Crippen LogP contribution < -0.4 is 0 Å². The normalized spacial score (nSPS) is 18.8. The first kappa shape index (κ1) is 11.3. The van der Waals surface area contributed by atoms with Crippen LogP contribution in [-0.2, 0) is 6.61 Å². The van der Waals surface area contributed by atoms with Crippen molar-refractivity contribution in [2.24, 2.45) is 4.99 Å². The quantitative estimate of drug-likeness (QED) is 0.847. The molecule has 1 N–H and O–H groups in total. The fraction of sp³-hybridized carbons (Fsp3) is 0.636. The molecule has 1 aliphatic rings. The van der Waals surface area contributed by atoms with E-state index in [1.54, 1.807) is 10.8 Å². The van der Waals surface area contributed by atoms with Crippen LogP contribution in [0.2, 0.25) is 0 Å². The Kier molecular flexibility index (Phi) is 3.33. The van der Waals surface area contributed by atoms with Crippen LogP contribution in [0.3, 0.4) is 0 Å². The molecule has 1 aromatic heterocycles. The molecule has 2 rings (SSSR count). The number of aliphatic hydroxyl groups is 1. The third-order valence-corrected chi connectivity index (χ3v) is 2.87. The summed E-state index contributed by atoms with van der Waals surface area (Å²) in [4.78, 5) is 8.20. The Morgan fingerprint density at radius 3 is 3.12 bits per heavy atom. The lowest BCUT2D eigenvalue weighted by atomic mass is 10.1. The van der Waals surface area contributed by atoms with E-state index in [1.807, 2.05) is 0 Å². The summed E-state index contributed by atoms with van der Waals surface area (Å²) in [5.41, 5.74) is 0.116. The zero-order valence-corrected chi connectivity index (χ0v) is 9.36. The van der Waals surface area contributed by atoms with E-state index in [9.17, 15) is 4.39 Å². The Bertz CT molecular complexity index is 400. The van der Waals surface area contributed by atoms with Crippen molar-refractivity contribution in [3.63, 3.8) is 0 Å². The molecule has 0 saturated heterocycles. The van der Waals surface area contributed by atoms with E-state index in [2.05, 4.69) is 16.9 Å². The molecule has 16 heavy (non-hydrogen) atoms. The minimum atomic E-state index is -0.412. The maximum Gasteiger partial charge on any atom is 0.219 e. The van der Waals surface area contributed by atoms with Crippen LogP contribution in [0.5, 0.6) is 0 Å². The molecule has 0 bridgehead atoms. The van der Waals surface area contributed by atoms with Gasteiger partial charge in [-0.3, -0.25) is 9.56 Å². The second kappa shape index (κ2) is 4.74. The topological polar surface area (TPSA) is 50.4 Å². The van der Waals surface area contributed by atoms with Crippen molar-refractivity contribution >= 4 is 6.21 Å². The van der Waals surface area contributed by atoms with Crippen LogP contribution in [0.25, 0.3) is 0 Å². The Balaban J connectivity index is 2.30. The Labute approximate surface area is 93.8 Å². The molecule has 4 nitrogen and oxygen atoms in total. The molecule has 2 heterocycles. The number of fused-ring (bicyclic) bond motifs is 1. The fourth-order valence-corrected chi connectivity index (χ4v) is 2.01. The van der Waals surface area contributed by atoms with Crippen LogP contribution in [0, 0.1) is 5.95 Å². The molecule has 5 heteroatoms. The van der Waals surface area contributed by atoms with Crippen LogP contribution in [0.1, 0.15) is 43.7 Å². The van der Waals surface area contributed by atoms with Gasteiger partial charge < -0.3 is 5.11 Å². The summed E-state index contributed by atoms with van der Waals surface area (Å²) in [7, 11) is 0. The van der Waals surface area contributed by atoms with Gasteiger partial charge in [0, 0.05) is 0 Å². The number of nitrogens with zero attached hydrogens (tertiary/aromatic N) is 3. The molecule has 1 unspecified atom stereocenters. The molecule has 0 aromatic carbocycles. The molecular weight excluding hydrogens is 209 g/mol. The molecular formula is C11H16FN3O. The molecule has 1 atom stereocenters. The third kappa shape index (κ3) is 1.87. The first-order chi connectivity index (χ1) is 7.77. The summed E-state index contributed by atoms with van der Waals surface area (Å²) in [5.74, 6) is 0.110. The van der Waals surface area contributed by atoms with Gasteiger partial charge in [0.1, 0.15) is 5.69 Å². The van der Waals surface area contributed by atoms with E-state index >= 15 is 0 Å². The summed E-state index contributed by atoms with van der Waals surface area (Å²) < 4.78 is 15.4. The number of aliphatic imine (C=N–C) groups is 1. The number of aromatic nitrogens is 2. The highest BCUT2D eigenvalue weighted by atomic mass is 19.1. The van der Waals surface area contributed by atoms with Gasteiger partial charge in [-0.25, -0.2) is 4.98 Å². The SMILES string of the molecule is CCCCC1CN=Cc2nc(CO)c(F)n21. The molecule has 0 saturated carbocycles. The largest absolute Gasteiger partial charge is 0.390 e. The summed E-state index contributed by atoms with van der Waals surface area (Å²) >= 11 is 0. The van der Waals surface area contributed by atoms with Gasteiger partial charge in [-0.15, -0.1) is 0 Å². The molecule has 0 radical (unpaired) electrons. The molecule has 0 aliphatic carbocycles. The number of imidazole rings is 1. The van der Waals surface area contributed by atoms with E-state index in [4.69, 9.17) is 5.11 Å².